The van der Waals surface area contributed by atoms with Crippen molar-refractivity contribution in [3.63, 3.8) is 0 Å². The average molecular weight is 416 g/mol. The van der Waals surface area contributed by atoms with E-state index in [0.29, 0.717) is 16.5 Å². The maximum Gasteiger partial charge on any atom is 0.244 e. The molecular formula is C22H26ClN3O3. The number of nitrogens with one attached hydrogen (secondary N) is 1. The number of hydrogen-bond acceptors (Lipinski definition) is 4. The first-order chi connectivity index (χ1) is 13.9. The fourth-order valence-electron chi connectivity index (χ4n) is 3.54. The number of para-hydroxylation sites is 1. The van der Waals surface area contributed by atoms with Crippen LogP contribution in [0.2, 0.25) is 5.02 Å². The fraction of sp³-hybridized carbons (Fsp3) is 0.364. The zero-order valence-corrected chi connectivity index (χ0v) is 17.7. The van der Waals surface area contributed by atoms with Crippen molar-refractivity contribution in [3.8, 4) is 5.75 Å². The molecule has 0 radical (unpaired) electrons. The van der Waals surface area contributed by atoms with Crippen LogP contribution >= 0.6 is 11.6 Å². The van der Waals surface area contributed by atoms with Crippen molar-refractivity contribution in [2.24, 2.45) is 0 Å². The maximum atomic E-state index is 12.8. The topological polar surface area (TPSA) is 61.9 Å². The quantitative estimate of drug-likeness (QED) is 0.783. The van der Waals surface area contributed by atoms with Crippen LogP contribution in [0.25, 0.3) is 0 Å². The number of carbonyl (C=O) groups is 2. The van der Waals surface area contributed by atoms with Gasteiger partial charge in [0.1, 0.15) is 5.75 Å². The molecule has 7 heteroatoms. The molecule has 2 amide bonds. The Balaban J connectivity index is 1.62. The number of amides is 2. The van der Waals surface area contributed by atoms with Crippen molar-refractivity contribution in [1.29, 1.82) is 0 Å². The van der Waals surface area contributed by atoms with Crippen LogP contribution < -0.4 is 15.0 Å². The molecule has 0 spiro atoms. The van der Waals surface area contributed by atoms with Crippen molar-refractivity contribution >= 4 is 34.8 Å². The number of ether oxygens (including phenoxy) is 1. The summed E-state index contributed by atoms with van der Waals surface area (Å²) in [6.07, 6.45) is 2.02. The smallest absolute Gasteiger partial charge is 0.244 e. The van der Waals surface area contributed by atoms with Gasteiger partial charge < -0.3 is 19.9 Å². The lowest BCUT2D eigenvalue weighted by Crippen LogP contribution is -2.46. The standard InChI is InChI=1S/C22H26ClN3O3/c1-15-8-9-16-6-4-5-7-19(16)26(15)14-22(28)25(2)13-21(27)24-18-12-17(23)10-11-20(18)29-3/h4-7,10-12,15H,8-9,13-14H2,1-3H3,(H,24,27)/t15-/m1/s1. The Kier molecular flexibility index (Phi) is 6.64. The van der Waals surface area contributed by atoms with Gasteiger partial charge in [-0.1, -0.05) is 29.8 Å². The molecule has 0 aromatic heterocycles. The van der Waals surface area contributed by atoms with Crippen LogP contribution in [-0.2, 0) is 16.0 Å². The Labute approximate surface area is 176 Å². The molecule has 0 saturated heterocycles. The molecule has 154 valence electrons. The van der Waals surface area contributed by atoms with E-state index in [4.69, 9.17) is 16.3 Å². The predicted molar refractivity (Wildman–Crippen MR) is 116 cm³/mol. The molecule has 1 N–H and O–H groups in total. The summed E-state index contributed by atoms with van der Waals surface area (Å²) in [5, 5.41) is 3.25. The summed E-state index contributed by atoms with van der Waals surface area (Å²) in [4.78, 5) is 28.8. The Hall–Kier alpha value is -2.73. The van der Waals surface area contributed by atoms with Gasteiger partial charge in [-0.25, -0.2) is 0 Å². The number of halogens is 1. The van der Waals surface area contributed by atoms with E-state index in [1.54, 1.807) is 25.2 Å². The van der Waals surface area contributed by atoms with Gasteiger partial charge >= 0.3 is 0 Å². The summed E-state index contributed by atoms with van der Waals surface area (Å²) >= 11 is 6.00. The first-order valence-electron chi connectivity index (χ1n) is 9.61. The Morgan fingerprint density at radius 1 is 1.28 bits per heavy atom. The molecule has 1 aliphatic heterocycles. The highest BCUT2D eigenvalue weighted by Crippen LogP contribution is 2.30. The molecule has 3 rings (SSSR count). The minimum Gasteiger partial charge on any atom is -0.495 e. The van der Waals surface area contributed by atoms with Gasteiger partial charge in [-0.3, -0.25) is 9.59 Å². The zero-order valence-electron chi connectivity index (χ0n) is 16.9. The number of carbonyl (C=O) groups excluding carboxylic acids is 2. The lowest BCUT2D eigenvalue weighted by atomic mass is 9.96. The SMILES string of the molecule is COc1ccc(Cl)cc1NC(=O)CN(C)C(=O)CN1c2ccccc2CC[C@H]1C. The van der Waals surface area contributed by atoms with Gasteiger partial charge in [0.2, 0.25) is 11.8 Å². The van der Waals surface area contributed by atoms with E-state index in [1.807, 2.05) is 12.1 Å². The molecule has 0 fully saturated rings. The van der Waals surface area contributed by atoms with Gasteiger partial charge in [-0.15, -0.1) is 0 Å². The Bertz CT molecular complexity index is 903. The van der Waals surface area contributed by atoms with Gasteiger partial charge in [-0.05, 0) is 49.6 Å². The Morgan fingerprint density at radius 3 is 2.79 bits per heavy atom. The monoisotopic (exact) mass is 415 g/mol. The number of fused-ring (bicyclic) bond motifs is 1. The van der Waals surface area contributed by atoms with Crippen molar-refractivity contribution < 1.29 is 14.3 Å². The lowest BCUT2D eigenvalue weighted by Gasteiger charge is -2.37. The Morgan fingerprint density at radius 2 is 2.03 bits per heavy atom. The first-order valence-corrected chi connectivity index (χ1v) is 9.98. The summed E-state index contributed by atoms with van der Waals surface area (Å²) in [6.45, 7) is 2.31. The van der Waals surface area contributed by atoms with Crippen molar-refractivity contribution in [2.45, 2.75) is 25.8 Å². The minimum absolute atomic E-state index is 0.0572. The van der Waals surface area contributed by atoms with Gasteiger partial charge in [0.25, 0.3) is 0 Å². The van der Waals surface area contributed by atoms with Gasteiger partial charge in [0, 0.05) is 23.8 Å². The third-order valence-electron chi connectivity index (χ3n) is 5.21. The zero-order chi connectivity index (χ0) is 21.0. The summed E-state index contributed by atoms with van der Waals surface area (Å²) in [5.74, 6) is 0.0887. The van der Waals surface area contributed by atoms with E-state index in [-0.39, 0.29) is 30.9 Å². The normalized spacial score (nSPS) is 15.4. The molecule has 0 aliphatic carbocycles. The molecule has 1 atom stereocenters. The molecular weight excluding hydrogens is 390 g/mol. The van der Waals surface area contributed by atoms with Crippen LogP contribution in [0.5, 0.6) is 5.75 Å². The maximum absolute atomic E-state index is 12.8. The van der Waals surface area contributed by atoms with Crippen molar-refractivity contribution in [3.05, 3.63) is 53.1 Å². The van der Waals surface area contributed by atoms with E-state index < -0.39 is 0 Å². The van der Waals surface area contributed by atoms with Crippen LogP contribution in [0, 0.1) is 0 Å². The van der Waals surface area contributed by atoms with Gasteiger partial charge in [-0.2, -0.15) is 0 Å². The van der Waals surface area contributed by atoms with E-state index in [9.17, 15) is 9.59 Å². The number of methoxy groups -OCH3 is 1. The molecule has 2 aromatic carbocycles. The number of likely N-dealkylation sites (N-methyl/N-ethyl adjacent to an activating group) is 1. The summed E-state index contributed by atoms with van der Waals surface area (Å²) in [7, 11) is 3.16. The first kappa shape index (κ1) is 21.0. The minimum atomic E-state index is -0.312. The number of nitrogens with zero attached hydrogens (tertiary/aromatic N) is 2. The van der Waals surface area contributed by atoms with Crippen LogP contribution in [0.4, 0.5) is 11.4 Å². The van der Waals surface area contributed by atoms with Crippen LogP contribution in [0.3, 0.4) is 0 Å². The molecule has 0 saturated carbocycles. The number of aryl methyl sites for hydroxylation is 1. The van der Waals surface area contributed by atoms with E-state index in [2.05, 4.69) is 29.3 Å². The van der Waals surface area contributed by atoms with Crippen molar-refractivity contribution in [1.82, 2.24) is 4.90 Å². The average Bonchev–Trinajstić information content (AvgIpc) is 2.70. The molecule has 2 aromatic rings. The van der Waals surface area contributed by atoms with E-state index >= 15 is 0 Å². The van der Waals surface area contributed by atoms with Gasteiger partial charge in [0.05, 0.1) is 25.9 Å². The second kappa shape index (κ2) is 9.18. The third kappa shape index (κ3) is 5.01. The lowest BCUT2D eigenvalue weighted by molar-refractivity contribution is -0.132. The second-order valence-electron chi connectivity index (χ2n) is 7.29. The summed E-state index contributed by atoms with van der Waals surface area (Å²) < 4.78 is 5.24. The highest BCUT2D eigenvalue weighted by atomic mass is 35.5. The number of benzene rings is 2. The van der Waals surface area contributed by atoms with Crippen LogP contribution in [0.15, 0.2) is 42.5 Å². The van der Waals surface area contributed by atoms with E-state index in [0.717, 1.165) is 18.5 Å². The van der Waals surface area contributed by atoms with Crippen molar-refractivity contribution in [2.75, 3.05) is 37.5 Å². The molecule has 6 nitrogen and oxygen atoms in total. The fourth-order valence-corrected chi connectivity index (χ4v) is 3.71. The van der Waals surface area contributed by atoms with Gasteiger partial charge in [0.15, 0.2) is 0 Å². The third-order valence-corrected chi connectivity index (χ3v) is 5.45. The highest BCUT2D eigenvalue weighted by Gasteiger charge is 2.26. The molecule has 29 heavy (non-hydrogen) atoms. The highest BCUT2D eigenvalue weighted by molar-refractivity contribution is 6.31. The summed E-state index contributed by atoms with van der Waals surface area (Å²) in [5.41, 5.74) is 2.83. The van der Waals surface area contributed by atoms with Crippen LogP contribution in [0.1, 0.15) is 18.9 Å². The van der Waals surface area contributed by atoms with E-state index in [1.165, 1.54) is 17.6 Å². The second-order valence-corrected chi connectivity index (χ2v) is 7.72. The number of rotatable bonds is 6. The number of anilines is 2. The van der Waals surface area contributed by atoms with Crippen LogP contribution in [-0.4, -0.2) is 50.0 Å². The summed E-state index contributed by atoms with van der Waals surface area (Å²) in [6, 6.07) is 13.4. The molecule has 1 heterocycles. The molecule has 0 bridgehead atoms. The number of hydrogen-bond donors (Lipinski definition) is 1. The molecule has 0 unspecified atom stereocenters. The predicted octanol–water partition coefficient (Wildman–Crippen LogP) is 3.59. The molecule has 1 aliphatic rings. The largest absolute Gasteiger partial charge is 0.495 e.